The largest absolute Gasteiger partial charge is 0.339 e. The number of thiazole rings is 1. The number of para-hydroxylation sites is 1. The predicted molar refractivity (Wildman–Crippen MR) is 148 cm³/mol. The van der Waals surface area contributed by atoms with E-state index in [1.165, 1.54) is 12.1 Å². The summed E-state index contributed by atoms with van der Waals surface area (Å²) < 4.78 is 31.4. The molecule has 1 saturated heterocycles. The van der Waals surface area contributed by atoms with Crippen LogP contribution in [0, 0.1) is 0 Å². The van der Waals surface area contributed by atoms with Crippen LogP contribution in [0.15, 0.2) is 76.4 Å². The Morgan fingerprint density at radius 2 is 1.65 bits per heavy atom. The van der Waals surface area contributed by atoms with Crippen LogP contribution >= 0.6 is 22.9 Å². The lowest BCUT2D eigenvalue weighted by molar-refractivity contribution is 0.0762. The number of halogens is 1. The fourth-order valence-electron chi connectivity index (χ4n) is 4.57. The molecule has 0 saturated carbocycles. The van der Waals surface area contributed by atoms with E-state index < -0.39 is 10.0 Å². The van der Waals surface area contributed by atoms with Crippen LogP contribution < -0.4 is 9.60 Å². The van der Waals surface area contributed by atoms with Crippen LogP contribution in [0.25, 0.3) is 10.2 Å². The van der Waals surface area contributed by atoms with Crippen molar-refractivity contribution < 1.29 is 13.2 Å². The first-order valence-electron chi connectivity index (χ1n) is 12.1. The third-order valence-electron chi connectivity index (χ3n) is 6.53. The fraction of sp³-hybridized carbons (Fsp3) is 0.259. The lowest BCUT2D eigenvalue weighted by Crippen LogP contribution is -2.32. The number of nitrogens with zero attached hydrogens (tertiary/aromatic N) is 2. The van der Waals surface area contributed by atoms with Gasteiger partial charge in [0, 0.05) is 18.1 Å². The Balaban J connectivity index is 1.43. The molecule has 37 heavy (non-hydrogen) atoms. The highest BCUT2D eigenvalue weighted by Crippen LogP contribution is 2.27. The first-order chi connectivity index (χ1) is 17.8. The van der Waals surface area contributed by atoms with Crippen molar-refractivity contribution in [1.29, 1.82) is 0 Å². The topological polar surface area (TPSA) is 88.5 Å². The average molecular weight is 556 g/mol. The van der Waals surface area contributed by atoms with Gasteiger partial charge in [0.2, 0.25) is 0 Å². The quantitative estimate of drug-likeness (QED) is 0.336. The Kier molecular flexibility index (Phi) is 7.37. The van der Waals surface area contributed by atoms with Gasteiger partial charge in [0.25, 0.3) is 15.9 Å². The summed E-state index contributed by atoms with van der Waals surface area (Å²) in [5, 5.41) is 0.561. The van der Waals surface area contributed by atoms with E-state index in [4.69, 9.17) is 11.6 Å². The van der Waals surface area contributed by atoms with Crippen molar-refractivity contribution in [2.24, 2.45) is 0 Å². The molecule has 1 aromatic heterocycles. The molecule has 0 aliphatic carbocycles. The number of anilines is 1. The molecule has 7 nitrogen and oxygen atoms in total. The maximum atomic E-state index is 13.3. The molecule has 0 bridgehead atoms. The molecule has 0 atom stereocenters. The highest BCUT2D eigenvalue weighted by Gasteiger charge is 2.23. The molecule has 3 aromatic carbocycles. The molecule has 10 heteroatoms. The Morgan fingerprint density at radius 1 is 0.946 bits per heavy atom. The molecule has 1 aliphatic heterocycles. The van der Waals surface area contributed by atoms with Gasteiger partial charge < -0.3 is 4.90 Å². The number of carbonyl (C=O) groups is 1. The second kappa shape index (κ2) is 10.7. The third kappa shape index (κ3) is 5.44. The summed E-state index contributed by atoms with van der Waals surface area (Å²) in [6.45, 7) is 1.62. The number of sulfonamides is 1. The zero-order valence-electron chi connectivity index (χ0n) is 20.0. The molecule has 1 N–H and O–H groups in total. The summed E-state index contributed by atoms with van der Waals surface area (Å²) in [4.78, 5) is 27.6. The number of carbonyl (C=O) groups excluding carboxylic acids is 1. The van der Waals surface area contributed by atoms with Crippen molar-refractivity contribution in [1.82, 2.24) is 9.47 Å². The van der Waals surface area contributed by atoms with Crippen LogP contribution in [0.1, 0.15) is 41.6 Å². The number of hydrogen-bond acceptors (Lipinski definition) is 5. The van der Waals surface area contributed by atoms with Crippen LogP contribution in [-0.2, 0) is 16.6 Å². The molecule has 1 aliphatic rings. The second-order valence-corrected chi connectivity index (χ2v) is 12.1. The first kappa shape index (κ1) is 25.5. The van der Waals surface area contributed by atoms with E-state index in [-0.39, 0.29) is 27.9 Å². The van der Waals surface area contributed by atoms with E-state index in [1.807, 2.05) is 18.2 Å². The maximum Gasteiger partial charge on any atom is 0.308 e. The minimum Gasteiger partial charge on any atom is -0.339 e. The Labute approximate surface area is 224 Å². The number of hydrogen-bond donors (Lipinski definition) is 1. The number of benzene rings is 3. The summed E-state index contributed by atoms with van der Waals surface area (Å²) >= 11 is 7.25. The van der Waals surface area contributed by atoms with Crippen molar-refractivity contribution >= 4 is 54.8 Å². The highest BCUT2D eigenvalue weighted by atomic mass is 35.5. The van der Waals surface area contributed by atoms with Gasteiger partial charge in [0.1, 0.15) is 0 Å². The van der Waals surface area contributed by atoms with Crippen molar-refractivity contribution in [2.45, 2.75) is 37.1 Å². The van der Waals surface area contributed by atoms with E-state index in [0.717, 1.165) is 42.6 Å². The zero-order valence-corrected chi connectivity index (χ0v) is 22.4. The van der Waals surface area contributed by atoms with Crippen molar-refractivity contribution in [3.8, 4) is 0 Å². The van der Waals surface area contributed by atoms with E-state index in [9.17, 15) is 18.0 Å². The fourth-order valence-corrected chi connectivity index (χ4v) is 6.87. The molecule has 1 fully saturated rings. The summed E-state index contributed by atoms with van der Waals surface area (Å²) in [6, 6.07) is 18.6. The molecule has 0 spiro atoms. The van der Waals surface area contributed by atoms with E-state index >= 15 is 0 Å². The number of likely N-dealkylation sites (tertiary alicyclic amines) is 1. The van der Waals surface area contributed by atoms with Gasteiger partial charge in [-0.3, -0.25) is 18.9 Å². The molecule has 0 radical (unpaired) electrons. The molecule has 4 aromatic rings. The minimum atomic E-state index is -4.01. The van der Waals surface area contributed by atoms with Crippen LogP contribution in [0.3, 0.4) is 0 Å². The third-order valence-corrected chi connectivity index (χ3v) is 9.21. The summed E-state index contributed by atoms with van der Waals surface area (Å²) in [7, 11) is -4.01. The first-order valence-corrected chi connectivity index (χ1v) is 14.8. The lowest BCUT2D eigenvalue weighted by atomic mass is 10.1. The number of nitrogens with one attached hydrogen (secondary N) is 1. The van der Waals surface area contributed by atoms with Crippen molar-refractivity contribution in [3.05, 3.63) is 92.5 Å². The normalized spacial score (nSPS) is 14.5. The molecular weight excluding hydrogens is 530 g/mol. The second-order valence-electron chi connectivity index (χ2n) is 9.03. The minimum absolute atomic E-state index is 0.0168. The van der Waals surface area contributed by atoms with Gasteiger partial charge in [-0.05, 0) is 54.8 Å². The maximum absolute atomic E-state index is 13.3. The van der Waals surface area contributed by atoms with Crippen molar-refractivity contribution in [2.75, 3.05) is 17.8 Å². The summed E-state index contributed by atoms with van der Waals surface area (Å²) in [5.41, 5.74) is 1.99. The smallest absolute Gasteiger partial charge is 0.308 e. The SMILES string of the molecule is O=C(c1ccccc1NS(=O)(=O)c1ccc2c(c1)sc(=O)n2Cc1ccccc1Cl)N1CCCCCC1. The average Bonchev–Trinajstić information content (AvgIpc) is 3.03. The van der Waals surface area contributed by atoms with Crippen LogP contribution in [0.2, 0.25) is 5.02 Å². The number of rotatable bonds is 6. The number of amides is 1. The van der Waals surface area contributed by atoms with E-state index in [2.05, 4.69) is 4.72 Å². The van der Waals surface area contributed by atoms with Gasteiger partial charge >= 0.3 is 4.87 Å². The number of aromatic nitrogens is 1. The van der Waals surface area contributed by atoms with Gasteiger partial charge in [-0.25, -0.2) is 8.42 Å². The molecule has 5 rings (SSSR count). The molecular formula is C27H26ClN3O4S2. The predicted octanol–water partition coefficient (Wildman–Crippen LogP) is 5.58. The van der Waals surface area contributed by atoms with Crippen LogP contribution in [0.5, 0.6) is 0 Å². The summed E-state index contributed by atoms with van der Waals surface area (Å²) in [6.07, 6.45) is 4.07. The van der Waals surface area contributed by atoms with Gasteiger partial charge in [-0.15, -0.1) is 0 Å². The molecule has 2 heterocycles. The zero-order chi connectivity index (χ0) is 26.0. The Bertz CT molecular complexity index is 1620. The Hall–Kier alpha value is -3.14. The summed E-state index contributed by atoms with van der Waals surface area (Å²) in [5.74, 6) is -0.175. The van der Waals surface area contributed by atoms with Crippen LogP contribution in [-0.4, -0.2) is 36.9 Å². The molecule has 192 valence electrons. The van der Waals surface area contributed by atoms with Gasteiger partial charge in [0.05, 0.1) is 32.9 Å². The van der Waals surface area contributed by atoms with E-state index in [1.54, 1.807) is 45.9 Å². The van der Waals surface area contributed by atoms with Gasteiger partial charge in [-0.2, -0.15) is 0 Å². The number of fused-ring (bicyclic) bond motifs is 1. The standard InChI is InChI=1S/C27H26ClN3O4S2/c28-22-11-5-3-9-19(22)18-31-24-14-13-20(17-25(24)36-27(31)33)37(34,35)29-23-12-6-4-10-21(23)26(32)30-15-7-1-2-8-16-30/h3-6,9-14,17,29H,1-2,7-8,15-16,18H2. The van der Waals surface area contributed by atoms with Gasteiger partial charge in [0.15, 0.2) is 0 Å². The van der Waals surface area contributed by atoms with E-state index in [0.29, 0.717) is 33.9 Å². The molecule has 1 amide bonds. The highest BCUT2D eigenvalue weighted by molar-refractivity contribution is 7.92. The monoisotopic (exact) mass is 555 g/mol. The van der Waals surface area contributed by atoms with Gasteiger partial charge in [-0.1, -0.05) is 66.1 Å². The lowest BCUT2D eigenvalue weighted by Gasteiger charge is -2.22. The van der Waals surface area contributed by atoms with Crippen LogP contribution in [0.4, 0.5) is 5.69 Å². The Morgan fingerprint density at radius 3 is 2.41 bits per heavy atom. The molecule has 0 unspecified atom stereocenters. The van der Waals surface area contributed by atoms with Crippen molar-refractivity contribution in [3.63, 3.8) is 0 Å².